The zero-order valence-corrected chi connectivity index (χ0v) is 38.5. The fraction of sp³-hybridized carbons (Fsp3) is 0.894. The predicted octanol–water partition coefficient (Wildman–Crippen LogP) is 12.7. The lowest BCUT2D eigenvalue weighted by molar-refractivity contribution is -0.870. The molecule has 0 saturated heterocycles. The van der Waals surface area contributed by atoms with E-state index in [9.17, 15) is 19.4 Å². The SMILES string of the molecule is CCCCCCCC/C=C\CCCCCCCCCCCCCC(=O)N[C@@H](COP(=O)([O-])OCC[N+](C)(C)C)[C@H](O)/C=C/CCCCCCCCCCCCC. The van der Waals surface area contributed by atoms with Gasteiger partial charge in [0.15, 0.2) is 0 Å². The second-order valence-electron chi connectivity index (χ2n) is 17.5. The number of unbranched alkanes of at least 4 members (excludes halogenated alkanes) is 28. The van der Waals surface area contributed by atoms with E-state index in [1.807, 2.05) is 27.2 Å². The van der Waals surface area contributed by atoms with E-state index >= 15 is 0 Å². The lowest BCUT2D eigenvalue weighted by Crippen LogP contribution is -2.45. The number of amides is 1. The van der Waals surface area contributed by atoms with Crippen molar-refractivity contribution in [3.8, 4) is 0 Å². The topological polar surface area (TPSA) is 108 Å². The van der Waals surface area contributed by atoms with Crippen molar-refractivity contribution in [2.75, 3.05) is 40.9 Å². The first-order chi connectivity index (χ1) is 27.0. The van der Waals surface area contributed by atoms with E-state index in [1.54, 1.807) is 6.08 Å². The Balaban J connectivity index is 4.30. The van der Waals surface area contributed by atoms with Crippen LogP contribution in [0.1, 0.15) is 219 Å². The second-order valence-corrected chi connectivity index (χ2v) is 18.9. The maximum absolute atomic E-state index is 12.9. The van der Waals surface area contributed by atoms with E-state index in [0.29, 0.717) is 17.4 Å². The van der Waals surface area contributed by atoms with Crippen LogP contribution in [-0.4, -0.2) is 68.5 Å². The van der Waals surface area contributed by atoms with Crippen LogP contribution < -0.4 is 10.2 Å². The molecule has 0 heterocycles. The van der Waals surface area contributed by atoms with Gasteiger partial charge in [-0.25, -0.2) is 0 Å². The number of hydrogen-bond acceptors (Lipinski definition) is 6. The van der Waals surface area contributed by atoms with Crippen molar-refractivity contribution in [2.24, 2.45) is 0 Å². The molecule has 0 aliphatic carbocycles. The summed E-state index contributed by atoms with van der Waals surface area (Å²) in [7, 11) is 1.26. The number of aliphatic hydroxyl groups is 1. The molecule has 0 aromatic carbocycles. The van der Waals surface area contributed by atoms with Crippen LogP contribution in [0.5, 0.6) is 0 Å². The molecule has 3 atom stereocenters. The van der Waals surface area contributed by atoms with Crippen molar-refractivity contribution in [3.05, 3.63) is 24.3 Å². The molecule has 0 bridgehead atoms. The van der Waals surface area contributed by atoms with Crippen LogP contribution in [0.25, 0.3) is 0 Å². The van der Waals surface area contributed by atoms with Crippen LogP contribution in [0, 0.1) is 0 Å². The van der Waals surface area contributed by atoms with E-state index < -0.39 is 20.0 Å². The van der Waals surface area contributed by atoms with Gasteiger partial charge in [0, 0.05) is 6.42 Å². The summed E-state index contributed by atoms with van der Waals surface area (Å²) >= 11 is 0. The summed E-state index contributed by atoms with van der Waals surface area (Å²) in [5, 5.41) is 13.8. The Morgan fingerprint density at radius 1 is 0.607 bits per heavy atom. The average Bonchev–Trinajstić information content (AvgIpc) is 3.15. The fourth-order valence-electron chi connectivity index (χ4n) is 6.85. The Labute approximate surface area is 347 Å². The normalized spacial score (nSPS) is 14.5. The lowest BCUT2D eigenvalue weighted by Gasteiger charge is -2.29. The molecular formula is C47H93N2O6P. The monoisotopic (exact) mass is 813 g/mol. The van der Waals surface area contributed by atoms with Gasteiger partial charge in [0.25, 0.3) is 7.82 Å². The summed E-state index contributed by atoms with van der Waals surface area (Å²) in [4.78, 5) is 25.3. The molecule has 0 aromatic rings. The van der Waals surface area contributed by atoms with Crippen LogP contribution in [0.15, 0.2) is 24.3 Å². The van der Waals surface area contributed by atoms with E-state index in [-0.39, 0.29) is 19.1 Å². The van der Waals surface area contributed by atoms with Crippen molar-refractivity contribution in [3.63, 3.8) is 0 Å². The molecule has 1 amide bonds. The summed E-state index contributed by atoms with van der Waals surface area (Å²) in [5.41, 5.74) is 0. The first-order valence-corrected chi connectivity index (χ1v) is 25.2. The van der Waals surface area contributed by atoms with E-state index in [4.69, 9.17) is 9.05 Å². The molecule has 1 unspecified atom stereocenters. The smallest absolute Gasteiger partial charge is 0.268 e. The Morgan fingerprint density at radius 2 is 0.982 bits per heavy atom. The van der Waals surface area contributed by atoms with Crippen molar-refractivity contribution in [1.82, 2.24) is 5.32 Å². The number of allylic oxidation sites excluding steroid dienone is 3. The molecule has 2 N–H and O–H groups in total. The first-order valence-electron chi connectivity index (χ1n) is 23.7. The second kappa shape index (κ2) is 39.4. The molecule has 0 aliphatic heterocycles. The zero-order valence-electron chi connectivity index (χ0n) is 37.6. The number of hydrogen-bond donors (Lipinski definition) is 2. The molecule has 56 heavy (non-hydrogen) atoms. The standard InChI is InChI=1S/C47H93N2O6P/c1-6-8-10-12-14-16-18-20-21-22-23-24-25-26-27-29-31-33-35-37-39-41-47(51)48-45(44-55-56(52,53)54-43-42-49(3,4)5)46(50)40-38-36-34-32-30-28-19-17-15-13-11-9-7-2/h20-21,38,40,45-46,50H,6-19,22-37,39,41-44H2,1-5H3,(H-,48,51,52,53)/b21-20-,40-38+/t45-,46+/m0/s1. The van der Waals surface area contributed by atoms with Crippen LogP contribution in [0.2, 0.25) is 0 Å². The Morgan fingerprint density at radius 3 is 1.39 bits per heavy atom. The van der Waals surface area contributed by atoms with Crippen LogP contribution >= 0.6 is 7.82 Å². The van der Waals surface area contributed by atoms with Crippen LogP contribution in [0.3, 0.4) is 0 Å². The number of nitrogens with one attached hydrogen (secondary N) is 1. The number of rotatable bonds is 43. The Hall–Kier alpha value is -1.02. The molecule has 9 heteroatoms. The van der Waals surface area contributed by atoms with Gasteiger partial charge in [-0.15, -0.1) is 0 Å². The lowest BCUT2D eigenvalue weighted by atomic mass is 10.0. The highest BCUT2D eigenvalue weighted by atomic mass is 31.2. The van der Waals surface area contributed by atoms with E-state index in [0.717, 1.165) is 38.5 Å². The Bertz CT molecular complexity index is 969. The number of phosphoric ester groups is 1. The minimum Gasteiger partial charge on any atom is -0.756 e. The summed E-state index contributed by atoms with van der Waals surface area (Å²) in [6, 6.07) is -0.883. The largest absolute Gasteiger partial charge is 0.756 e. The van der Waals surface area contributed by atoms with Crippen molar-refractivity contribution in [1.29, 1.82) is 0 Å². The summed E-state index contributed by atoms with van der Waals surface area (Å²) in [5.74, 6) is -0.198. The van der Waals surface area contributed by atoms with Crippen LogP contribution in [-0.2, 0) is 18.4 Å². The number of aliphatic hydroxyl groups excluding tert-OH is 1. The third-order valence-corrected chi connectivity index (χ3v) is 11.6. The van der Waals surface area contributed by atoms with E-state index in [2.05, 4.69) is 31.3 Å². The van der Waals surface area contributed by atoms with Crippen molar-refractivity contribution < 1.29 is 32.9 Å². The molecule has 0 saturated carbocycles. The first kappa shape index (κ1) is 55.0. The molecule has 0 radical (unpaired) electrons. The molecule has 0 fully saturated rings. The third-order valence-electron chi connectivity index (χ3n) is 10.7. The predicted molar refractivity (Wildman–Crippen MR) is 238 cm³/mol. The molecule has 8 nitrogen and oxygen atoms in total. The Kier molecular flexibility index (Phi) is 38.7. The van der Waals surface area contributed by atoms with Gasteiger partial charge in [0.2, 0.25) is 5.91 Å². The molecule has 0 aromatic heterocycles. The maximum Gasteiger partial charge on any atom is 0.268 e. The number of quaternary nitrogens is 1. The third kappa shape index (κ3) is 41.2. The molecule has 332 valence electrons. The number of carbonyl (C=O) groups is 1. The van der Waals surface area contributed by atoms with Gasteiger partial charge in [0.05, 0.1) is 39.9 Å². The number of phosphoric acid groups is 1. The number of carbonyl (C=O) groups excluding carboxylic acids is 1. The van der Waals surface area contributed by atoms with Gasteiger partial charge < -0.3 is 28.8 Å². The molecule has 0 rings (SSSR count). The van der Waals surface area contributed by atoms with E-state index in [1.165, 1.54) is 161 Å². The van der Waals surface area contributed by atoms with Gasteiger partial charge in [-0.2, -0.15) is 0 Å². The zero-order chi connectivity index (χ0) is 41.4. The minimum atomic E-state index is -4.58. The minimum absolute atomic E-state index is 0.000198. The molecular weight excluding hydrogens is 719 g/mol. The van der Waals surface area contributed by atoms with Crippen molar-refractivity contribution >= 4 is 13.7 Å². The number of nitrogens with zero attached hydrogens (tertiary/aromatic N) is 1. The summed E-state index contributed by atoms with van der Waals surface area (Å²) in [6.07, 6.45) is 46.5. The maximum atomic E-state index is 12.9. The van der Waals surface area contributed by atoms with Gasteiger partial charge in [0.1, 0.15) is 13.2 Å². The quantitative estimate of drug-likeness (QED) is 0.0275. The highest BCUT2D eigenvalue weighted by Crippen LogP contribution is 2.38. The fourth-order valence-corrected chi connectivity index (χ4v) is 7.58. The van der Waals surface area contributed by atoms with Gasteiger partial charge in [-0.1, -0.05) is 192 Å². The van der Waals surface area contributed by atoms with Gasteiger partial charge in [-0.3, -0.25) is 9.36 Å². The molecule has 0 spiro atoms. The number of likely N-dealkylation sites (N-methyl/N-ethyl adjacent to an activating group) is 1. The van der Waals surface area contributed by atoms with Crippen LogP contribution in [0.4, 0.5) is 0 Å². The molecule has 0 aliphatic rings. The highest BCUT2D eigenvalue weighted by Gasteiger charge is 2.23. The van der Waals surface area contributed by atoms with Gasteiger partial charge >= 0.3 is 0 Å². The van der Waals surface area contributed by atoms with Gasteiger partial charge in [-0.05, 0) is 44.9 Å². The summed E-state index contributed by atoms with van der Waals surface area (Å²) < 4.78 is 23.2. The average molecular weight is 813 g/mol. The van der Waals surface area contributed by atoms with Crippen molar-refractivity contribution in [2.45, 2.75) is 231 Å². The summed E-state index contributed by atoms with van der Waals surface area (Å²) in [6.45, 7) is 4.65. The highest BCUT2D eigenvalue weighted by molar-refractivity contribution is 7.45.